The van der Waals surface area contributed by atoms with Gasteiger partial charge >= 0.3 is 0 Å². The Bertz CT molecular complexity index is 587. The second-order valence-electron chi connectivity index (χ2n) is 7.24. The molecule has 3 heteroatoms. The summed E-state index contributed by atoms with van der Waals surface area (Å²) in [6.45, 7) is 4.54. The topological polar surface area (TPSA) is 12.5 Å². The lowest BCUT2D eigenvalue weighted by molar-refractivity contribution is -0.0325. The van der Waals surface area contributed by atoms with E-state index in [-0.39, 0.29) is 12.4 Å². The molecule has 0 bridgehead atoms. The number of ether oxygens (including phenoxy) is 1. The van der Waals surface area contributed by atoms with Crippen molar-refractivity contribution in [2.45, 2.75) is 25.4 Å². The van der Waals surface area contributed by atoms with E-state index in [4.69, 9.17) is 4.74 Å². The first kappa shape index (κ1) is 20.0. The van der Waals surface area contributed by atoms with Crippen molar-refractivity contribution in [2.24, 2.45) is 11.8 Å². The molecule has 2 aromatic rings. The van der Waals surface area contributed by atoms with Crippen molar-refractivity contribution in [1.29, 1.82) is 0 Å². The van der Waals surface area contributed by atoms with E-state index in [9.17, 15) is 0 Å². The van der Waals surface area contributed by atoms with E-state index < -0.39 is 5.60 Å². The van der Waals surface area contributed by atoms with Crippen LogP contribution in [0.15, 0.2) is 60.7 Å². The molecule has 0 heterocycles. The number of nitrogens with zero attached hydrogens (tertiary/aromatic N) is 1. The van der Waals surface area contributed by atoms with Crippen molar-refractivity contribution in [3.63, 3.8) is 0 Å². The fourth-order valence-corrected chi connectivity index (χ4v) is 3.96. The van der Waals surface area contributed by atoms with Crippen LogP contribution in [-0.4, -0.2) is 32.1 Å². The Morgan fingerprint density at radius 1 is 1.00 bits per heavy atom. The quantitative estimate of drug-likeness (QED) is 0.659. The zero-order chi connectivity index (χ0) is 17.0. The zero-order valence-corrected chi connectivity index (χ0v) is 16.3. The molecule has 136 valence electrons. The summed E-state index contributed by atoms with van der Waals surface area (Å²) in [5.41, 5.74) is 2.04. The van der Waals surface area contributed by atoms with Crippen molar-refractivity contribution in [2.75, 3.05) is 27.2 Å². The largest absolute Gasteiger partial charge is 0.368 e. The smallest absolute Gasteiger partial charge is 0.121 e. The summed E-state index contributed by atoms with van der Waals surface area (Å²) in [7, 11) is 4.09. The third-order valence-corrected chi connectivity index (χ3v) is 5.27. The standard InChI is InChI=1S/C22H29NO.ClH/c1-18(16-23(2)17-19-14-15-19)22(24-3,20-10-6-4-7-11-20)21-12-8-5-9-13-21;/h4-13,18-19H,14-17H2,1-3H3;1H. The Balaban J connectivity index is 0.00000225. The Morgan fingerprint density at radius 3 is 1.88 bits per heavy atom. The van der Waals surface area contributed by atoms with E-state index in [1.54, 1.807) is 0 Å². The number of hydrogen-bond acceptors (Lipinski definition) is 2. The molecule has 0 N–H and O–H groups in total. The summed E-state index contributed by atoms with van der Waals surface area (Å²) < 4.78 is 6.27. The van der Waals surface area contributed by atoms with Crippen LogP contribution in [0.2, 0.25) is 0 Å². The minimum Gasteiger partial charge on any atom is -0.368 e. The highest BCUT2D eigenvalue weighted by atomic mass is 35.5. The number of hydrogen-bond donors (Lipinski definition) is 0. The van der Waals surface area contributed by atoms with Gasteiger partial charge in [0, 0.05) is 26.1 Å². The van der Waals surface area contributed by atoms with Crippen LogP contribution in [0.3, 0.4) is 0 Å². The van der Waals surface area contributed by atoms with Gasteiger partial charge in [0.25, 0.3) is 0 Å². The molecule has 1 aliphatic carbocycles. The second-order valence-corrected chi connectivity index (χ2v) is 7.24. The van der Waals surface area contributed by atoms with Crippen molar-refractivity contribution in [1.82, 2.24) is 4.90 Å². The van der Waals surface area contributed by atoms with Crippen molar-refractivity contribution < 1.29 is 4.74 Å². The molecule has 1 aliphatic rings. The molecule has 2 nitrogen and oxygen atoms in total. The number of rotatable bonds is 8. The second kappa shape index (κ2) is 8.84. The predicted octanol–water partition coefficient (Wildman–Crippen LogP) is 4.98. The highest BCUT2D eigenvalue weighted by Gasteiger charge is 2.40. The van der Waals surface area contributed by atoms with Crippen LogP contribution in [0.25, 0.3) is 0 Å². The maximum Gasteiger partial charge on any atom is 0.121 e. The van der Waals surface area contributed by atoms with Gasteiger partial charge in [-0.05, 0) is 36.9 Å². The third kappa shape index (κ3) is 4.44. The van der Waals surface area contributed by atoms with Gasteiger partial charge in [-0.3, -0.25) is 0 Å². The van der Waals surface area contributed by atoms with E-state index >= 15 is 0 Å². The van der Waals surface area contributed by atoms with E-state index in [1.807, 2.05) is 7.11 Å². The Morgan fingerprint density at radius 2 is 1.48 bits per heavy atom. The van der Waals surface area contributed by atoms with Gasteiger partial charge in [-0.25, -0.2) is 0 Å². The maximum atomic E-state index is 6.27. The van der Waals surface area contributed by atoms with Crippen molar-refractivity contribution >= 4 is 12.4 Å². The number of halogens is 1. The van der Waals surface area contributed by atoms with Gasteiger partial charge in [0.1, 0.15) is 5.60 Å². The molecular weight excluding hydrogens is 330 g/mol. The van der Waals surface area contributed by atoms with Crippen LogP contribution in [0, 0.1) is 11.8 Å². The molecule has 1 fully saturated rings. The lowest BCUT2D eigenvalue weighted by atomic mass is 9.76. The van der Waals surface area contributed by atoms with E-state index in [0.717, 1.165) is 12.5 Å². The van der Waals surface area contributed by atoms with E-state index in [1.165, 1.54) is 30.5 Å². The predicted molar refractivity (Wildman–Crippen MR) is 107 cm³/mol. The molecule has 2 aromatic carbocycles. The fourth-order valence-electron chi connectivity index (χ4n) is 3.96. The van der Waals surface area contributed by atoms with Crippen LogP contribution < -0.4 is 0 Å². The van der Waals surface area contributed by atoms with Crippen LogP contribution in [0.1, 0.15) is 30.9 Å². The molecule has 0 aromatic heterocycles. The highest BCUT2D eigenvalue weighted by molar-refractivity contribution is 5.85. The molecule has 0 aliphatic heterocycles. The van der Waals surface area contributed by atoms with Crippen LogP contribution in [-0.2, 0) is 10.3 Å². The van der Waals surface area contributed by atoms with Crippen LogP contribution in [0.5, 0.6) is 0 Å². The van der Waals surface area contributed by atoms with Gasteiger partial charge in [-0.15, -0.1) is 12.4 Å². The SMILES string of the molecule is COC(c1ccccc1)(c1ccccc1)C(C)CN(C)CC1CC1.Cl. The first-order valence-electron chi connectivity index (χ1n) is 9.01. The van der Waals surface area contributed by atoms with Gasteiger partial charge in [-0.1, -0.05) is 67.6 Å². The van der Waals surface area contributed by atoms with Gasteiger partial charge in [0.2, 0.25) is 0 Å². The minimum absolute atomic E-state index is 0. The zero-order valence-electron chi connectivity index (χ0n) is 15.5. The molecule has 0 radical (unpaired) electrons. The van der Waals surface area contributed by atoms with Gasteiger partial charge in [0.05, 0.1) is 0 Å². The number of benzene rings is 2. The van der Waals surface area contributed by atoms with Crippen LogP contribution >= 0.6 is 12.4 Å². The lowest BCUT2D eigenvalue weighted by Crippen LogP contribution is -2.43. The Kier molecular flexibility index (Phi) is 7.06. The first-order chi connectivity index (χ1) is 11.7. The summed E-state index contributed by atoms with van der Waals surface area (Å²) in [6.07, 6.45) is 2.79. The van der Waals surface area contributed by atoms with Gasteiger partial charge < -0.3 is 9.64 Å². The molecular formula is C22H30ClNO. The summed E-state index contributed by atoms with van der Waals surface area (Å²) in [5.74, 6) is 1.25. The van der Waals surface area contributed by atoms with Crippen LogP contribution in [0.4, 0.5) is 0 Å². The highest BCUT2D eigenvalue weighted by Crippen LogP contribution is 2.40. The van der Waals surface area contributed by atoms with Crippen molar-refractivity contribution in [3.05, 3.63) is 71.8 Å². The molecule has 0 saturated heterocycles. The molecule has 25 heavy (non-hydrogen) atoms. The minimum atomic E-state index is -0.416. The summed E-state index contributed by atoms with van der Waals surface area (Å²) in [6, 6.07) is 21.3. The average Bonchev–Trinajstić information content (AvgIpc) is 3.42. The molecule has 0 spiro atoms. The molecule has 1 unspecified atom stereocenters. The Labute approximate surface area is 158 Å². The molecule has 3 rings (SSSR count). The molecule has 1 atom stereocenters. The normalized spacial score (nSPS) is 15.7. The maximum absolute atomic E-state index is 6.27. The van der Waals surface area contributed by atoms with Gasteiger partial charge in [0.15, 0.2) is 0 Å². The molecule has 0 amide bonds. The average molecular weight is 360 g/mol. The van der Waals surface area contributed by atoms with E-state index in [2.05, 4.69) is 79.5 Å². The third-order valence-electron chi connectivity index (χ3n) is 5.27. The number of methoxy groups -OCH3 is 1. The Hall–Kier alpha value is -1.35. The van der Waals surface area contributed by atoms with E-state index in [0.29, 0.717) is 5.92 Å². The lowest BCUT2D eigenvalue weighted by Gasteiger charge is -2.40. The summed E-state index contributed by atoms with van der Waals surface area (Å²) in [5, 5.41) is 0. The summed E-state index contributed by atoms with van der Waals surface area (Å²) >= 11 is 0. The molecule has 1 saturated carbocycles. The van der Waals surface area contributed by atoms with Crippen molar-refractivity contribution in [3.8, 4) is 0 Å². The summed E-state index contributed by atoms with van der Waals surface area (Å²) in [4.78, 5) is 2.47. The fraction of sp³-hybridized carbons (Fsp3) is 0.455. The monoisotopic (exact) mass is 359 g/mol. The van der Waals surface area contributed by atoms with Gasteiger partial charge in [-0.2, -0.15) is 0 Å². The first-order valence-corrected chi connectivity index (χ1v) is 9.01.